The molecule has 1 rings (SSSR count). The lowest BCUT2D eigenvalue weighted by molar-refractivity contribution is 0.444. The van der Waals surface area contributed by atoms with Gasteiger partial charge in [-0.25, -0.2) is 4.99 Å². The molecule has 0 atom stereocenters. The van der Waals surface area contributed by atoms with Gasteiger partial charge in [-0.05, 0) is 20.8 Å². The van der Waals surface area contributed by atoms with Crippen molar-refractivity contribution in [3.05, 3.63) is 0 Å². The first-order valence-electron chi connectivity index (χ1n) is 4.67. The lowest BCUT2D eigenvalue weighted by Crippen LogP contribution is -2.43. The molecular formula is C9H19N3S. The highest BCUT2D eigenvalue weighted by molar-refractivity contribution is 7.99. The van der Waals surface area contributed by atoms with Crippen LogP contribution in [0.2, 0.25) is 0 Å². The van der Waals surface area contributed by atoms with Crippen molar-refractivity contribution >= 4 is 17.7 Å². The Hall–Kier alpha value is -0.380. The van der Waals surface area contributed by atoms with Crippen molar-refractivity contribution in [3.8, 4) is 0 Å². The molecule has 1 saturated heterocycles. The summed E-state index contributed by atoms with van der Waals surface area (Å²) in [7, 11) is 0. The number of guanidine groups is 1. The summed E-state index contributed by atoms with van der Waals surface area (Å²) >= 11 is 1.98. The van der Waals surface area contributed by atoms with Crippen molar-refractivity contribution in [3.63, 3.8) is 0 Å². The third kappa shape index (κ3) is 3.89. The summed E-state index contributed by atoms with van der Waals surface area (Å²) in [5.74, 6) is 3.04. The molecule has 4 heteroatoms. The van der Waals surface area contributed by atoms with Gasteiger partial charge in [-0.15, -0.1) is 0 Å². The summed E-state index contributed by atoms with van der Waals surface area (Å²) < 4.78 is 0. The van der Waals surface area contributed by atoms with E-state index in [1.807, 2.05) is 11.8 Å². The summed E-state index contributed by atoms with van der Waals surface area (Å²) in [5.41, 5.74) is 5.84. The van der Waals surface area contributed by atoms with Gasteiger partial charge in [-0.1, -0.05) is 0 Å². The fraction of sp³-hybridized carbons (Fsp3) is 0.889. The summed E-state index contributed by atoms with van der Waals surface area (Å²) in [4.78, 5) is 6.61. The molecule has 0 aromatic heterocycles. The molecule has 1 heterocycles. The molecule has 76 valence electrons. The summed E-state index contributed by atoms with van der Waals surface area (Å²) in [5, 5.41) is 0. The maximum atomic E-state index is 5.90. The molecule has 0 saturated carbocycles. The minimum absolute atomic E-state index is 0.0608. The molecule has 0 radical (unpaired) electrons. The van der Waals surface area contributed by atoms with Gasteiger partial charge in [0, 0.05) is 24.6 Å². The summed E-state index contributed by atoms with van der Waals surface area (Å²) in [6, 6.07) is 0. The van der Waals surface area contributed by atoms with E-state index in [9.17, 15) is 0 Å². The third-order valence-electron chi connectivity index (χ3n) is 1.79. The average molecular weight is 201 g/mol. The van der Waals surface area contributed by atoms with Crippen LogP contribution in [0.4, 0.5) is 0 Å². The standard InChI is InChI=1S/C9H19N3S/c1-9(2,3)11-8(10)12-4-6-13-7-5-12/h4-7H2,1-3H3,(H2,10,11). The lowest BCUT2D eigenvalue weighted by atomic mass is 10.1. The second-order valence-corrected chi connectivity index (χ2v) is 5.46. The maximum Gasteiger partial charge on any atom is 0.191 e. The molecule has 13 heavy (non-hydrogen) atoms. The molecule has 0 amide bonds. The largest absolute Gasteiger partial charge is 0.370 e. The smallest absolute Gasteiger partial charge is 0.191 e. The van der Waals surface area contributed by atoms with Gasteiger partial charge in [-0.2, -0.15) is 11.8 Å². The molecule has 2 N–H and O–H groups in total. The fourth-order valence-corrected chi connectivity index (χ4v) is 2.11. The Morgan fingerprint density at radius 3 is 2.31 bits per heavy atom. The van der Waals surface area contributed by atoms with Gasteiger partial charge in [-0.3, -0.25) is 0 Å². The molecule has 3 nitrogen and oxygen atoms in total. The molecule has 0 spiro atoms. The molecular weight excluding hydrogens is 182 g/mol. The highest BCUT2D eigenvalue weighted by Gasteiger charge is 2.15. The topological polar surface area (TPSA) is 41.6 Å². The molecule has 0 aromatic carbocycles. The normalized spacial score (nSPS) is 20.5. The highest BCUT2D eigenvalue weighted by Crippen LogP contribution is 2.11. The summed E-state index contributed by atoms with van der Waals surface area (Å²) in [6.45, 7) is 8.28. The van der Waals surface area contributed by atoms with Crippen LogP contribution in [0.15, 0.2) is 4.99 Å². The number of rotatable bonds is 0. The first kappa shape index (κ1) is 10.7. The number of nitrogens with two attached hydrogens (primary N) is 1. The predicted molar refractivity (Wildman–Crippen MR) is 60.3 cm³/mol. The van der Waals surface area contributed by atoms with Gasteiger partial charge in [0.05, 0.1) is 5.54 Å². The van der Waals surface area contributed by atoms with Crippen molar-refractivity contribution in [2.75, 3.05) is 24.6 Å². The van der Waals surface area contributed by atoms with Gasteiger partial charge in [0.1, 0.15) is 0 Å². The van der Waals surface area contributed by atoms with Crippen LogP contribution in [0.1, 0.15) is 20.8 Å². The second kappa shape index (κ2) is 4.22. The van der Waals surface area contributed by atoms with Crippen LogP contribution in [0.5, 0.6) is 0 Å². The van der Waals surface area contributed by atoms with E-state index in [4.69, 9.17) is 5.73 Å². The number of aliphatic imine (C=N–C) groups is 1. The minimum Gasteiger partial charge on any atom is -0.370 e. The maximum absolute atomic E-state index is 5.90. The Bertz CT molecular complexity index is 190. The number of hydrogen-bond donors (Lipinski definition) is 1. The van der Waals surface area contributed by atoms with Gasteiger partial charge >= 0.3 is 0 Å². The summed E-state index contributed by atoms with van der Waals surface area (Å²) in [6.07, 6.45) is 0. The number of nitrogens with zero attached hydrogens (tertiary/aromatic N) is 2. The molecule has 0 aliphatic carbocycles. The van der Waals surface area contributed by atoms with E-state index in [0.29, 0.717) is 5.96 Å². The fourth-order valence-electron chi connectivity index (χ4n) is 1.21. The zero-order chi connectivity index (χ0) is 9.90. The monoisotopic (exact) mass is 201 g/mol. The van der Waals surface area contributed by atoms with E-state index in [1.165, 1.54) is 11.5 Å². The zero-order valence-electron chi connectivity index (χ0n) is 8.71. The number of thioether (sulfide) groups is 1. The van der Waals surface area contributed by atoms with Crippen LogP contribution >= 0.6 is 11.8 Å². The Kier molecular flexibility index (Phi) is 3.47. The van der Waals surface area contributed by atoms with Crippen molar-refractivity contribution in [1.29, 1.82) is 0 Å². The van der Waals surface area contributed by atoms with E-state index >= 15 is 0 Å². The van der Waals surface area contributed by atoms with Crippen molar-refractivity contribution in [2.24, 2.45) is 10.7 Å². The van der Waals surface area contributed by atoms with Crippen LogP contribution in [0.25, 0.3) is 0 Å². The molecule has 1 fully saturated rings. The van der Waals surface area contributed by atoms with Crippen molar-refractivity contribution < 1.29 is 0 Å². The van der Waals surface area contributed by atoms with Crippen LogP contribution in [-0.2, 0) is 0 Å². The van der Waals surface area contributed by atoms with Crippen LogP contribution in [0, 0.1) is 0 Å². The average Bonchev–Trinajstić information content (AvgIpc) is 2.03. The zero-order valence-corrected chi connectivity index (χ0v) is 9.52. The van der Waals surface area contributed by atoms with E-state index in [0.717, 1.165) is 13.1 Å². The van der Waals surface area contributed by atoms with Crippen LogP contribution in [0.3, 0.4) is 0 Å². The SMILES string of the molecule is CC(C)(C)N=C(N)N1CCSCC1. The van der Waals surface area contributed by atoms with E-state index < -0.39 is 0 Å². The van der Waals surface area contributed by atoms with Crippen molar-refractivity contribution in [1.82, 2.24) is 4.90 Å². The van der Waals surface area contributed by atoms with Gasteiger partial charge < -0.3 is 10.6 Å². The molecule has 0 bridgehead atoms. The molecule has 0 unspecified atom stereocenters. The Labute approximate surface area is 84.8 Å². The quantitative estimate of drug-likeness (QED) is 0.472. The van der Waals surface area contributed by atoms with Gasteiger partial charge in [0.2, 0.25) is 0 Å². The van der Waals surface area contributed by atoms with Gasteiger partial charge in [0.15, 0.2) is 5.96 Å². The van der Waals surface area contributed by atoms with E-state index in [-0.39, 0.29) is 5.54 Å². The Morgan fingerprint density at radius 1 is 1.31 bits per heavy atom. The number of hydrogen-bond acceptors (Lipinski definition) is 2. The first-order valence-corrected chi connectivity index (χ1v) is 5.82. The molecule has 1 aliphatic heterocycles. The third-order valence-corrected chi connectivity index (χ3v) is 2.73. The van der Waals surface area contributed by atoms with Crippen LogP contribution in [-0.4, -0.2) is 41.0 Å². The Morgan fingerprint density at radius 2 is 1.85 bits per heavy atom. The lowest BCUT2D eigenvalue weighted by Gasteiger charge is -2.28. The first-order chi connectivity index (χ1) is 5.99. The minimum atomic E-state index is -0.0608. The predicted octanol–water partition coefficient (Wildman–Crippen LogP) is 1.15. The van der Waals surface area contributed by atoms with E-state index in [1.54, 1.807) is 0 Å². The second-order valence-electron chi connectivity index (χ2n) is 4.24. The molecule has 1 aliphatic rings. The highest BCUT2D eigenvalue weighted by atomic mass is 32.2. The molecule has 0 aromatic rings. The van der Waals surface area contributed by atoms with Gasteiger partial charge in [0.25, 0.3) is 0 Å². The van der Waals surface area contributed by atoms with Crippen LogP contribution < -0.4 is 5.73 Å². The Balaban J connectivity index is 2.54. The van der Waals surface area contributed by atoms with Crippen molar-refractivity contribution in [2.45, 2.75) is 26.3 Å². The van der Waals surface area contributed by atoms with E-state index in [2.05, 4.69) is 30.7 Å².